The summed E-state index contributed by atoms with van der Waals surface area (Å²) in [6, 6.07) is 3.97. The fourth-order valence-corrected chi connectivity index (χ4v) is 14.7. The van der Waals surface area contributed by atoms with Gasteiger partial charge in [0.05, 0.1) is 24.3 Å². The molecule has 9 saturated heterocycles. The van der Waals surface area contributed by atoms with Gasteiger partial charge in [0.2, 0.25) is 29.3 Å². The molecule has 0 radical (unpaired) electrons. The molecule has 5 unspecified atom stereocenters. The maximum absolute atomic E-state index is 14.2. The number of benzene rings is 1. The first-order valence-electron chi connectivity index (χ1n) is 27.1. The van der Waals surface area contributed by atoms with E-state index in [0.717, 1.165) is 56.3 Å². The van der Waals surface area contributed by atoms with Crippen molar-refractivity contribution in [1.82, 2.24) is 15.1 Å². The van der Waals surface area contributed by atoms with Crippen LogP contribution in [0.4, 0.5) is 5.69 Å². The van der Waals surface area contributed by atoms with Gasteiger partial charge in [-0.15, -0.1) is 0 Å². The Bertz CT molecular complexity index is 2200. The highest BCUT2D eigenvalue weighted by Crippen LogP contribution is 2.62. The first-order chi connectivity index (χ1) is 34.6. The molecule has 10 heterocycles. The van der Waals surface area contributed by atoms with Crippen molar-refractivity contribution in [3.63, 3.8) is 0 Å². The number of nitrogens with zero attached hydrogens (tertiary/aromatic N) is 2. The van der Waals surface area contributed by atoms with Gasteiger partial charge in [0, 0.05) is 74.7 Å². The highest BCUT2D eigenvalue weighted by molar-refractivity contribution is 6.25. The maximum Gasteiger partial charge on any atom is 0.264 e. The molecule has 5 amide bonds. The molecule has 4 bridgehead atoms. The molecule has 19 heteroatoms. The molecule has 72 heavy (non-hydrogen) atoms. The number of carbonyl (C=O) groups is 5. The average Bonchev–Trinajstić information content (AvgIpc) is 3.57. The van der Waals surface area contributed by atoms with E-state index in [-0.39, 0.29) is 78.6 Å². The number of unbranched alkanes of at least 4 members (excludes halogenated alkanes) is 2. The number of fused-ring (bicyclic) bond motifs is 5. The predicted octanol–water partition coefficient (Wildman–Crippen LogP) is 6.34. The van der Waals surface area contributed by atoms with Gasteiger partial charge in [0.15, 0.2) is 36.4 Å². The zero-order valence-corrected chi connectivity index (χ0v) is 42.7. The van der Waals surface area contributed by atoms with Crippen molar-refractivity contribution in [3.05, 3.63) is 29.3 Å². The van der Waals surface area contributed by atoms with Crippen LogP contribution in [-0.2, 0) is 62.4 Å². The van der Waals surface area contributed by atoms with Crippen molar-refractivity contribution in [2.45, 2.75) is 185 Å². The summed E-state index contributed by atoms with van der Waals surface area (Å²) in [5.74, 6) is -2.47. The molecule has 19 nitrogen and oxygen atoms in total. The zero-order chi connectivity index (χ0) is 50.3. The van der Waals surface area contributed by atoms with Crippen LogP contribution in [-0.4, -0.2) is 126 Å². The third-order valence-corrected chi connectivity index (χ3v) is 18.7. The van der Waals surface area contributed by atoms with Gasteiger partial charge in [-0.1, -0.05) is 40.2 Å². The number of piperidine rings is 1. The molecule has 0 aromatic heterocycles. The molecule has 13 rings (SSSR count). The van der Waals surface area contributed by atoms with Gasteiger partial charge >= 0.3 is 0 Å². The molecule has 2 N–H and O–H groups in total. The van der Waals surface area contributed by atoms with Crippen LogP contribution >= 0.6 is 0 Å². The van der Waals surface area contributed by atoms with Crippen LogP contribution in [0.2, 0.25) is 0 Å². The summed E-state index contributed by atoms with van der Waals surface area (Å²) in [6.07, 6.45) is 7.41. The van der Waals surface area contributed by atoms with E-state index in [0.29, 0.717) is 62.8 Å². The van der Waals surface area contributed by atoms with Crippen molar-refractivity contribution in [3.8, 4) is 0 Å². The van der Waals surface area contributed by atoms with Crippen LogP contribution in [0, 0.1) is 47.3 Å². The molecule has 10 aliphatic heterocycles. The van der Waals surface area contributed by atoms with Crippen molar-refractivity contribution in [1.29, 1.82) is 0 Å². The Labute approximate surface area is 421 Å². The first-order valence-corrected chi connectivity index (χ1v) is 27.1. The molecule has 17 atom stereocenters. The second-order valence-corrected chi connectivity index (χ2v) is 23.1. The Kier molecular flexibility index (Phi) is 13.7. The lowest BCUT2D eigenvalue weighted by molar-refractivity contribution is -0.577. The number of anilines is 1. The topological polar surface area (TPSA) is 208 Å². The Morgan fingerprint density at radius 1 is 0.722 bits per heavy atom. The van der Waals surface area contributed by atoms with Crippen LogP contribution in [0.15, 0.2) is 18.2 Å². The van der Waals surface area contributed by atoms with E-state index in [2.05, 4.69) is 38.3 Å². The highest BCUT2D eigenvalue weighted by Gasteiger charge is 2.71. The average molecular weight is 1010 g/mol. The molecule has 396 valence electrons. The van der Waals surface area contributed by atoms with Crippen LogP contribution in [0.1, 0.15) is 152 Å². The minimum Gasteiger partial charge on any atom is -0.384 e. The Morgan fingerprint density at radius 2 is 1.31 bits per heavy atom. The smallest absolute Gasteiger partial charge is 0.264 e. The Morgan fingerprint density at radius 3 is 1.88 bits per heavy atom. The monoisotopic (exact) mass is 1010 g/mol. The molecule has 12 aliphatic rings. The summed E-state index contributed by atoms with van der Waals surface area (Å²) in [7, 11) is 0. The molecule has 2 spiro atoms. The van der Waals surface area contributed by atoms with Crippen LogP contribution in [0.25, 0.3) is 0 Å². The van der Waals surface area contributed by atoms with E-state index < -0.39 is 77.6 Å². The third kappa shape index (κ3) is 8.53. The SMILES string of the molecule is C[C@@H]1CCC2[C@@H](C)[C@@H](OCCN(CCO[C@H]3O[C@@H]4O[C@@]5(C)CCC6[C@H](C)CCC([C@H]3C)[C@]64OO5)C(=O)CCCCCNc3cccc4c3C(=O)N(C3CCC(=O)NC3=O)C4=O)O[C@@H]3O[C@@]4(C)CCC1[C@@]23OO4. The molecular weight excluding hydrogens is 933 g/mol. The fraction of sp³-hybridized carbons (Fsp3) is 0.792. The van der Waals surface area contributed by atoms with E-state index in [1.807, 2.05) is 18.7 Å². The molecular formula is C53H74N4O15. The van der Waals surface area contributed by atoms with Crippen LogP contribution < -0.4 is 10.6 Å². The lowest BCUT2D eigenvalue weighted by atomic mass is 9.58. The summed E-state index contributed by atoms with van der Waals surface area (Å²) in [4.78, 5) is 93.1. The molecule has 1 aromatic carbocycles. The Balaban J connectivity index is 0.722. The summed E-state index contributed by atoms with van der Waals surface area (Å²) < 4.78 is 39.8. The van der Waals surface area contributed by atoms with Gasteiger partial charge in [-0.05, 0) is 107 Å². The van der Waals surface area contributed by atoms with Crippen molar-refractivity contribution in [2.75, 3.05) is 38.2 Å². The standard InChI is InChI=1S/C53H74N4O15/c1-29-14-16-36-31(3)46(65-48-52(36)34(29)20-22-50(5,67-48)69-71-52)63-27-25-56(26-28-64-47-32(4)37-17-15-30(2)35-21-23-51(6)68-49(66-47)53(35,37)72-70-51)41(59)13-8-7-9-24-54-38-12-10-11-33-42(38)45(62)57(44(33)61)39-18-19-40(58)55-43(39)60/h10-12,29-32,34-37,39,46-49,54H,7-9,13-28H2,1-6H3,(H,55,58,60)/t29-,30-,31-,32-,34?,35?,36?,37?,39?,46+,47+,48-,49-,50-,51-,52-,53-/m1/s1. The first kappa shape index (κ1) is 50.5. The minimum absolute atomic E-state index is 0.0134. The van der Waals surface area contributed by atoms with Gasteiger partial charge < -0.3 is 38.6 Å². The molecule has 2 aliphatic carbocycles. The number of carbonyl (C=O) groups excluding carboxylic acids is 5. The van der Waals surface area contributed by atoms with Crippen LogP contribution in [0.5, 0.6) is 0 Å². The number of imide groups is 2. The largest absolute Gasteiger partial charge is 0.384 e. The molecule has 11 fully saturated rings. The lowest BCUT2D eigenvalue weighted by Gasteiger charge is -2.60. The third-order valence-electron chi connectivity index (χ3n) is 18.7. The van der Waals surface area contributed by atoms with E-state index in [1.54, 1.807) is 18.2 Å². The number of nitrogens with one attached hydrogen (secondary N) is 2. The van der Waals surface area contributed by atoms with Gasteiger partial charge in [-0.2, -0.15) is 0 Å². The number of hydrogen-bond acceptors (Lipinski definition) is 16. The predicted molar refractivity (Wildman–Crippen MR) is 252 cm³/mol. The van der Waals surface area contributed by atoms with Gasteiger partial charge in [0.25, 0.3) is 11.8 Å². The van der Waals surface area contributed by atoms with E-state index in [9.17, 15) is 24.0 Å². The minimum atomic E-state index is -1.04. The number of rotatable bonds is 16. The molecule has 1 aromatic rings. The highest BCUT2D eigenvalue weighted by atomic mass is 17.3. The normalized spacial score (nSPS) is 42.8. The van der Waals surface area contributed by atoms with Crippen LogP contribution in [0.3, 0.4) is 0 Å². The van der Waals surface area contributed by atoms with Gasteiger partial charge in [0.1, 0.15) is 6.04 Å². The summed E-state index contributed by atoms with van der Waals surface area (Å²) in [6.45, 7) is 14.3. The van der Waals surface area contributed by atoms with E-state index >= 15 is 0 Å². The lowest BCUT2D eigenvalue weighted by Crippen LogP contribution is -2.70. The second kappa shape index (κ2) is 19.5. The molecule has 2 saturated carbocycles. The summed E-state index contributed by atoms with van der Waals surface area (Å²) >= 11 is 0. The zero-order valence-electron chi connectivity index (χ0n) is 42.7. The van der Waals surface area contributed by atoms with Gasteiger partial charge in [-0.3, -0.25) is 34.2 Å². The summed E-state index contributed by atoms with van der Waals surface area (Å²) in [5.41, 5.74) is -0.474. The number of ether oxygens (including phenoxy) is 6. The van der Waals surface area contributed by atoms with E-state index in [4.69, 9.17) is 48.0 Å². The number of hydrogen-bond donors (Lipinski definition) is 2. The van der Waals surface area contributed by atoms with Crippen molar-refractivity contribution < 1.29 is 71.9 Å². The fourth-order valence-electron chi connectivity index (χ4n) is 14.7. The van der Waals surface area contributed by atoms with Gasteiger partial charge in [-0.25, -0.2) is 19.6 Å². The summed E-state index contributed by atoms with van der Waals surface area (Å²) in [5, 5.41) is 5.55. The maximum atomic E-state index is 14.2. The van der Waals surface area contributed by atoms with E-state index in [1.165, 1.54) is 0 Å². The Hall–Kier alpha value is -3.63. The van der Waals surface area contributed by atoms with Crippen molar-refractivity contribution >= 4 is 35.2 Å². The second-order valence-electron chi connectivity index (χ2n) is 23.1. The van der Waals surface area contributed by atoms with Crippen molar-refractivity contribution in [2.24, 2.45) is 47.3 Å². The number of amides is 5. The quantitative estimate of drug-likeness (QED) is 0.105.